The minimum absolute atomic E-state index is 0.112. The van der Waals surface area contributed by atoms with Crippen LogP contribution in [0.1, 0.15) is 70.7 Å². The number of carbonyl (C=O) groups is 3. The van der Waals surface area contributed by atoms with Gasteiger partial charge in [0.2, 0.25) is 12.3 Å². The maximum atomic E-state index is 13.2. The van der Waals surface area contributed by atoms with Crippen molar-refractivity contribution in [1.82, 2.24) is 10.4 Å². The van der Waals surface area contributed by atoms with E-state index < -0.39 is 17.4 Å². The molecule has 3 atom stereocenters. The van der Waals surface area contributed by atoms with Crippen LogP contribution < -0.4 is 10.1 Å². The Morgan fingerprint density at radius 1 is 1.23 bits per heavy atom. The molecule has 0 aromatic heterocycles. The molecule has 0 aliphatic rings. The van der Waals surface area contributed by atoms with Crippen LogP contribution in [0.5, 0.6) is 5.75 Å². The average molecular weight is 435 g/mol. The molecule has 0 saturated carbocycles. The molecule has 0 aliphatic carbocycles. The molecular formula is C24H38N2O5. The summed E-state index contributed by atoms with van der Waals surface area (Å²) in [5.41, 5.74) is -0.0558. The summed E-state index contributed by atoms with van der Waals surface area (Å²) in [4.78, 5) is 37.3. The highest BCUT2D eigenvalue weighted by Gasteiger charge is 2.35. The molecular weight excluding hydrogens is 396 g/mol. The number of amides is 2. The van der Waals surface area contributed by atoms with E-state index in [4.69, 9.17) is 4.74 Å². The van der Waals surface area contributed by atoms with E-state index in [0.717, 1.165) is 19.3 Å². The number of rotatable bonds is 13. The van der Waals surface area contributed by atoms with Crippen molar-refractivity contribution in [2.45, 2.75) is 66.3 Å². The smallest absolute Gasteiger partial charge is 0.233 e. The van der Waals surface area contributed by atoms with Crippen molar-refractivity contribution >= 4 is 18.1 Å². The largest absolute Gasteiger partial charge is 0.497 e. The van der Waals surface area contributed by atoms with E-state index in [1.807, 2.05) is 20.8 Å². The Morgan fingerprint density at radius 3 is 2.32 bits per heavy atom. The topological polar surface area (TPSA) is 95.9 Å². The fourth-order valence-electron chi connectivity index (χ4n) is 3.55. The normalized spacial score (nSPS) is 14.3. The van der Waals surface area contributed by atoms with Gasteiger partial charge in [0.05, 0.1) is 25.6 Å². The van der Waals surface area contributed by atoms with Crippen LogP contribution in [0.4, 0.5) is 0 Å². The highest BCUT2D eigenvalue weighted by Crippen LogP contribution is 2.25. The summed E-state index contributed by atoms with van der Waals surface area (Å²) in [6.45, 7) is 9.73. The predicted octanol–water partition coefficient (Wildman–Crippen LogP) is 4.09. The number of unbranched alkanes of at least 4 members (excludes halogenated alkanes) is 1. The highest BCUT2D eigenvalue weighted by molar-refractivity contribution is 6.02. The van der Waals surface area contributed by atoms with Gasteiger partial charge >= 0.3 is 0 Å². The monoisotopic (exact) mass is 434 g/mol. The molecule has 2 N–H and O–H groups in total. The minimum Gasteiger partial charge on any atom is -0.497 e. The van der Waals surface area contributed by atoms with E-state index in [1.165, 1.54) is 0 Å². The van der Waals surface area contributed by atoms with Gasteiger partial charge in [-0.25, -0.2) is 5.06 Å². The van der Waals surface area contributed by atoms with Gasteiger partial charge in [-0.3, -0.25) is 19.6 Å². The summed E-state index contributed by atoms with van der Waals surface area (Å²) in [6.07, 6.45) is 3.88. The Labute approximate surface area is 186 Å². The quantitative estimate of drug-likeness (QED) is 0.211. The highest BCUT2D eigenvalue weighted by atomic mass is 16.5. The van der Waals surface area contributed by atoms with Crippen molar-refractivity contribution in [2.75, 3.05) is 13.7 Å². The summed E-state index contributed by atoms with van der Waals surface area (Å²) >= 11 is 0. The van der Waals surface area contributed by atoms with Gasteiger partial charge < -0.3 is 10.1 Å². The zero-order valence-corrected chi connectivity index (χ0v) is 19.7. The fourth-order valence-corrected chi connectivity index (χ4v) is 3.55. The lowest BCUT2D eigenvalue weighted by Crippen LogP contribution is -2.52. The van der Waals surface area contributed by atoms with Gasteiger partial charge in [0, 0.05) is 5.56 Å². The number of benzene rings is 1. The van der Waals surface area contributed by atoms with Crippen LogP contribution in [-0.4, -0.2) is 48.1 Å². The number of hydrogen-bond donors (Lipinski definition) is 2. The molecule has 0 aliphatic heterocycles. The van der Waals surface area contributed by atoms with E-state index >= 15 is 0 Å². The third-order valence-corrected chi connectivity index (χ3v) is 5.43. The van der Waals surface area contributed by atoms with E-state index in [-0.39, 0.29) is 24.2 Å². The van der Waals surface area contributed by atoms with E-state index in [1.54, 1.807) is 31.4 Å². The van der Waals surface area contributed by atoms with Crippen LogP contribution in [0.2, 0.25) is 0 Å². The van der Waals surface area contributed by atoms with Crippen molar-refractivity contribution in [3.05, 3.63) is 29.8 Å². The zero-order valence-electron chi connectivity index (χ0n) is 19.7. The number of hydroxylamine groups is 2. The van der Waals surface area contributed by atoms with Gasteiger partial charge in [-0.2, -0.15) is 0 Å². The summed E-state index contributed by atoms with van der Waals surface area (Å²) in [5.74, 6) is -0.258. The summed E-state index contributed by atoms with van der Waals surface area (Å²) in [5, 5.41) is 13.1. The molecule has 1 aromatic rings. The predicted molar refractivity (Wildman–Crippen MR) is 120 cm³/mol. The first-order valence-electron chi connectivity index (χ1n) is 10.9. The number of Topliss-reactive ketones (excluding diaryl/α,β-unsaturated/α-hetero) is 1. The number of ether oxygens (including phenoxy) is 1. The lowest BCUT2D eigenvalue weighted by molar-refractivity contribution is -0.155. The Balaban J connectivity index is 3.05. The Bertz CT molecular complexity index is 712. The molecule has 3 unspecified atom stereocenters. The maximum absolute atomic E-state index is 13.2. The average Bonchev–Trinajstić information content (AvgIpc) is 2.73. The molecule has 31 heavy (non-hydrogen) atoms. The van der Waals surface area contributed by atoms with E-state index in [0.29, 0.717) is 29.2 Å². The molecule has 1 rings (SSSR count). The second-order valence-electron chi connectivity index (χ2n) is 9.31. The Kier molecular flexibility index (Phi) is 10.7. The van der Waals surface area contributed by atoms with Crippen molar-refractivity contribution in [2.24, 2.45) is 17.3 Å². The molecule has 7 heteroatoms. The minimum atomic E-state index is -0.759. The van der Waals surface area contributed by atoms with Crippen molar-refractivity contribution in [1.29, 1.82) is 0 Å². The lowest BCUT2D eigenvalue weighted by Gasteiger charge is -2.32. The van der Waals surface area contributed by atoms with Gasteiger partial charge in [-0.15, -0.1) is 0 Å². The molecule has 7 nitrogen and oxygen atoms in total. The zero-order chi connectivity index (χ0) is 23.6. The van der Waals surface area contributed by atoms with Gasteiger partial charge in [-0.05, 0) is 42.0 Å². The first kappa shape index (κ1) is 26.6. The van der Waals surface area contributed by atoms with Crippen LogP contribution in [0.25, 0.3) is 0 Å². The summed E-state index contributed by atoms with van der Waals surface area (Å²) < 4.78 is 5.15. The van der Waals surface area contributed by atoms with E-state index in [2.05, 4.69) is 19.2 Å². The number of ketones is 1. The van der Waals surface area contributed by atoms with Crippen LogP contribution >= 0.6 is 0 Å². The van der Waals surface area contributed by atoms with Gasteiger partial charge in [-0.1, -0.05) is 53.9 Å². The van der Waals surface area contributed by atoms with Gasteiger partial charge in [0.25, 0.3) is 0 Å². The van der Waals surface area contributed by atoms with Crippen molar-refractivity contribution < 1.29 is 24.3 Å². The third-order valence-electron chi connectivity index (χ3n) is 5.43. The number of carbonyl (C=O) groups excluding carboxylic acids is 3. The molecule has 174 valence electrons. The van der Waals surface area contributed by atoms with E-state index in [9.17, 15) is 19.6 Å². The Hall–Kier alpha value is -2.41. The standard InChI is InChI=1S/C24H38N2O5/c1-7-8-9-17(2)14-19(15-26(30)16-27)23(29)25-22(24(3,4)5)21(28)18-10-12-20(31-6)13-11-18/h10-13,16-17,19,22,30H,7-9,14-15H2,1-6H3,(H,25,29). The van der Waals surface area contributed by atoms with Crippen molar-refractivity contribution in [3.8, 4) is 5.75 Å². The SMILES string of the molecule is CCCCC(C)CC(CN(O)C=O)C(=O)NC(C(=O)c1ccc(OC)cc1)C(C)(C)C. The second-order valence-corrected chi connectivity index (χ2v) is 9.31. The number of nitrogens with zero attached hydrogens (tertiary/aromatic N) is 1. The fraction of sp³-hybridized carbons (Fsp3) is 0.625. The number of hydrogen-bond acceptors (Lipinski definition) is 5. The maximum Gasteiger partial charge on any atom is 0.233 e. The van der Waals surface area contributed by atoms with Crippen LogP contribution in [0.15, 0.2) is 24.3 Å². The summed E-state index contributed by atoms with van der Waals surface area (Å²) in [7, 11) is 1.56. The number of nitrogens with one attached hydrogen (secondary N) is 1. The van der Waals surface area contributed by atoms with Crippen LogP contribution in [-0.2, 0) is 9.59 Å². The molecule has 0 spiro atoms. The lowest BCUT2D eigenvalue weighted by atomic mass is 9.81. The second kappa shape index (κ2) is 12.4. The van der Waals surface area contributed by atoms with Crippen LogP contribution in [0, 0.1) is 17.3 Å². The van der Waals surface area contributed by atoms with Crippen LogP contribution in [0.3, 0.4) is 0 Å². The molecule has 1 aromatic carbocycles. The van der Waals surface area contributed by atoms with Gasteiger partial charge in [0.1, 0.15) is 5.75 Å². The molecule has 0 radical (unpaired) electrons. The molecule has 0 saturated heterocycles. The molecule has 0 fully saturated rings. The molecule has 0 bridgehead atoms. The van der Waals surface area contributed by atoms with Crippen molar-refractivity contribution in [3.63, 3.8) is 0 Å². The summed E-state index contributed by atoms with van der Waals surface area (Å²) in [6, 6.07) is 6.02. The third kappa shape index (κ3) is 8.69. The number of methoxy groups -OCH3 is 1. The molecule has 2 amide bonds. The first-order chi connectivity index (χ1) is 14.5. The molecule has 0 heterocycles. The van der Waals surface area contributed by atoms with Gasteiger partial charge in [0.15, 0.2) is 5.78 Å². The Morgan fingerprint density at radius 2 is 1.84 bits per heavy atom. The first-order valence-corrected chi connectivity index (χ1v) is 10.9.